The largest absolute Gasteiger partial charge is 0.261 e. The fourth-order valence-electron chi connectivity index (χ4n) is 0.497. The van der Waals surface area contributed by atoms with Gasteiger partial charge in [-0.3, -0.25) is 0 Å². The van der Waals surface area contributed by atoms with E-state index < -0.39 is 9.05 Å². The Balaban J connectivity index is 0. The van der Waals surface area contributed by atoms with Gasteiger partial charge in [0.1, 0.15) is 0 Å². The Morgan fingerprint density at radius 1 is 1.21 bits per heavy atom. The Morgan fingerprint density at radius 3 is 2.00 bits per heavy atom. The van der Waals surface area contributed by atoms with E-state index in [1.165, 1.54) is 30.4 Å². The smallest absolute Gasteiger partial charge is 0.207 e. The van der Waals surface area contributed by atoms with Crippen molar-refractivity contribution in [2.24, 2.45) is 0 Å². The van der Waals surface area contributed by atoms with Crippen LogP contribution < -0.4 is 0 Å². The molecule has 0 aromatic heterocycles. The summed E-state index contributed by atoms with van der Waals surface area (Å²) >= 11 is 0. The second kappa shape index (κ2) is 8.78. The molecule has 0 atom stereocenters. The van der Waals surface area contributed by atoms with Crippen molar-refractivity contribution in [3.05, 3.63) is 48.4 Å². The van der Waals surface area contributed by atoms with Crippen molar-refractivity contribution in [2.75, 3.05) is 0 Å². The molecule has 0 saturated carbocycles. The van der Waals surface area contributed by atoms with E-state index >= 15 is 0 Å². The normalized spacial score (nSPS) is 11.8. The van der Waals surface area contributed by atoms with Crippen LogP contribution in [-0.2, 0) is 9.05 Å². The van der Waals surface area contributed by atoms with Gasteiger partial charge in [0.15, 0.2) is 0 Å². The molecule has 80 valence electrons. The molecule has 0 aromatic carbocycles. The lowest BCUT2D eigenvalue weighted by atomic mass is 10.4. The summed E-state index contributed by atoms with van der Waals surface area (Å²) in [4.78, 5) is -0.000864. The Morgan fingerprint density at radius 2 is 1.71 bits per heavy atom. The first kappa shape index (κ1) is 15.7. The zero-order valence-corrected chi connectivity index (χ0v) is 9.98. The van der Waals surface area contributed by atoms with Gasteiger partial charge in [-0.1, -0.05) is 45.2 Å². The maximum Gasteiger partial charge on any atom is 0.261 e. The number of hydrogen-bond donors (Lipinski definition) is 0. The molecule has 0 aliphatic carbocycles. The highest BCUT2D eigenvalue weighted by Crippen LogP contribution is 2.13. The van der Waals surface area contributed by atoms with E-state index in [0.29, 0.717) is 0 Å². The molecule has 0 aliphatic heterocycles. The Labute approximate surface area is 90.7 Å². The van der Waals surface area contributed by atoms with Crippen molar-refractivity contribution in [1.29, 1.82) is 0 Å². The predicted octanol–water partition coefficient (Wildman–Crippen LogP) is 3.39. The monoisotopic (exact) mass is 234 g/mol. The lowest BCUT2D eigenvalue weighted by molar-refractivity contribution is 0.615. The highest BCUT2D eigenvalue weighted by Gasteiger charge is 2.08. The molecule has 0 aliphatic rings. The lowest BCUT2D eigenvalue weighted by Crippen LogP contribution is -1.90. The van der Waals surface area contributed by atoms with Gasteiger partial charge in [0.25, 0.3) is 9.05 Å². The van der Waals surface area contributed by atoms with E-state index in [4.69, 9.17) is 10.7 Å². The predicted molar refractivity (Wildman–Crippen MR) is 63.7 cm³/mol. The molecule has 0 rings (SSSR count). The van der Waals surface area contributed by atoms with E-state index in [9.17, 15) is 8.42 Å². The molecule has 2 nitrogen and oxygen atoms in total. The van der Waals surface area contributed by atoms with Crippen molar-refractivity contribution in [2.45, 2.75) is 13.8 Å². The van der Waals surface area contributed by atoms with Crippen LogP contribution in [0, 0.1) is 0 Å². The van der Waals surface area contributed by atoms with Gasteiger partial charge in [-0.15, -0.1) is 0 Å². The number of rotatable bonds is 4. The van der Waals surface area contributed by atoms with Crippen molar-refractivity contribution in [3.63, 3.8) is 0 Å². The van der Waals surface area contributed by atoms with Crippen LogP contribution in [0.1, 0.15) is 13.8 Å². The second-order valence-corrected chi connectivity index (χ2v) is 4.40. The molecule has 0 amide bonds. The van der Waals surface area contributed by atoms with Gasteiger partial charge in [0.05, 0.1) is 4.91 Å². The van der Waals surface area contributed by atoms with Crippen LogP contribution in [0.2, 0.25) is 0 Å². The van der Waals surface area contributed by atoms with Crippen LogP contribution in [0.15, 0.2) is 48.4 Å². The van der Waals surface area contributed by atoms with Crippen LogP contribution >= 0.6 is 10.7 Å². The first-order valence-corrected chi connectivity index (χ1v) is 6.39. The summed E-state index contributed by atoms with van der Waals surface area (Å²) in [6.45, 7) is 10.8. The van der Waals surface area contributed by atoms with E-state index in [2.05, 4.69) is 13.2 Å². The summed E-state index contributed by atoms with van der Waals surface area (Å²) in [5, 5.41) is 0. The minimum absolute atomic E-state index is 0.000864. The Kier molecular flexibility index (Phi) is 9.83. The summed E-state index contributed by atoms with van der Waals surface area (Å²) in [5.41, 5.74) is 0. The molecule has 0 aromatic rings. The van der Waals surface area contributed by atoms with Crippen molar-refractivity contribution in [1.82, 2.24) is 0 Å². The van der Waals surface area contributed by atoms with Gasteiger partial charge in [0, 0.05) is 10.7 Å². The molecule has 0 spiro atoms. The molecular weight excluding hydrogens is 220 g/mol. The maximum atomic E-state index is 10.8. The minimum Gasteiger partial charge on any atom is -0.207 e. The van der Waals surface area contributed by atoms with Crippen molar-refractivity contribution in [3.8, 4) is 0 Å². The maximum absolute atomic E-state index is 10.8. The van der Waals surface area contributed by atoms with E-state index in [0.717, 1.165) is 0 Å². The summed E-state index contributed by atoms with van der Waals surface area (Å²) < 4.78 is 21.6. The molecule has 4 heteroatoms. The molecule has 0 saturated heterocycles. The van der Waals surface area contributed by atoms with Gasteiger partial charge in [-0.25, -0.2) is 8.42 Å². The van der Waals surface area contributed by atoms with Gasteiger partial charge < -0.3 is 0 Å². The third kappa shape index (κ3) is 7.83. The van der Waals surface area contributed by atoms with Crippen molar-refractivity contribution >= 4 is 19.7 Å². The number of hydrogen-bond acceptors (Lipinski definition) is 2. The molecule has 0 heterocycles. The topological polar surface area (TPSA) is 34.1 Å². The third-order valence-electron chi connectivity index (χ3n) is 0.960. The third-order valence-corrected chi connectivity index (χ3v) is 2.33. The molecule has 0 bridgehead atoms. The zero-order valence-electron chi connectivity index (χ0n) is 8.40. The fourth-order valence-corrected chi connectivity index (χ4v) is 1.31. The number of halogens is 1. The van der Waals surface area contributed by atoms with Crippen LogP contribution in [0.3, 0.4) is 0 Å². The molecular formula is C10H15ClO2S. The summed E-state index contributed by atoms with van der Waals surface area (Å²) in [6.07, 6.45) is 6.94. The van der Waals surface area contributed by atoms with Crippen LogP contribution in [0.4, 0.5) is 0 Å². The zero-order chi connectivity index (χ0) is 11.6. The summed E-state index contributed by atoms with van der Waals surface area (Å²) in [5.74, 6) is 0. The average Bonchev–Trinajstić information content (AvgIpc) is 2.14. The molecule has 14 heavy (non-hydrogen) atoms. The molecule has 0 unspecified atom stereocenters. The fraction of sp³-hybridized carbons (Fsp3) is 0.200. The Bertz CT molecular complexity index is 324. The van der Waals surface area contributed by atoms with Crippen LogP contribution in [0.25, 0.3) is 0 Å². The molecule has 0 fully saturated rings. The van der Waals surface area contributed by atoms with E-state index in [1.807, 2.05) is 13.8 Å². The minimum atomic E-state index is -3.67. The highest BCUT2D eigenvalue weighted by molar-refractivity contribution is 8.17. The SMILES string of the molecule is C=C/C=C\C(=C/C=C)S(=O)(=O)Cl.CC. The summed E-state index contributed by atoms with van der Waals surface area (Å²) in [7, 11) is 1.41. The van der Waals surface area contributed by atoms with E-state index in [-0.39, 0.29) is 4.91 Å². The van der Waals surface area contributed by atoms with Gasteiger partial charge >= 0.3 is 0 Å². The molecule has 0 N–H and O–H groups in total. The Hall–Kier alpha value is -0.800. The lowest BCUT2D eigenvalue weighted by Gasteiger charge is -1.92. The summed E-state index contributed by atoms with van der Waals surface area (Å²) in [6, 6.07) is 0. The van der Waals surface area contributed by atoms with Gasteiger partial charge in [-0.2, -0.15) is 0 Å². The number of allylic oxidation sites excluding steroid dienone is 5. The second-order valence-electron chi connectivity index (χ2n) is 1.84. The van der Waals surface area contributed by atoms with Gasteiger partial charge in [-0.05, 0) is 12.2 Å². The molecule has 0 radical (unpaired) electrons. The highest BCUT2D eigenvalue weighted by atomic mass is 35.7. The first-order chi connectivity index (χ1) is 6.52. The average molecular weight is 235 g/mol. The van der Waals surface area contributed by atoms with Crippen molar-refractivity contribution < 1.29 is 8.42 Å². The quantitative estimate of drug-likeness (QED) is 0.552. The van der Waals surface area contributed by atoms with E-state index in [1.54, 1.807) is 0 Å². The standard InChI is InChI=1S/C8H9ClO2S.C2H6/c1-3-5-7-8(6-4-2)12(9,10)11;1-2/h3-7H,1-2H2;1-2H3/b7-5-,8-6+;. The van der Waals surface area contributed by atoms with Crippen LogP contribution in [-0.4, -0.2) is 8.42 Å². The first-order valence-electron chi connectivity index (χ1n) is 4.09. The van der Waals surface area contributed by atoms with Crippen LogP contribution in [0.5, 0.6) is 0 Å². The van der Waals surface area contributed by atoms with Gasteiger partial charge in [0.2, 0.25) is 0 Å².